The number of allylic oxidation sites excluding steroid dienone is 1. The summed E-state index contributed by atoms with van der Waals surface area (Å²) < 4.78 is 6.53. The van der Waals surface area contributed by atoms with Crippen molar-refractivity contribution in [2.45, 2.75) is 38.2 Å². The fraction of sp³-hybridized carbons (Fsp3) is 0.130. The molecule has 0 radical (unpaired) electrons. The summed E-state index contributed by atoms with van der Waals surface area (Å²) >= 11 is 0. The van der Waals surface area contributed by atoms with Gasteiger partial charge in [-0.05, 0) is 87.8 Å². The van der Waals surface area contributed by atoms with Gasteiger partial charge < -0.3 is 9.64 Å². The zero-order chi connectivity index (χ0) is 32.5. The largest absolute Gasteiger partial charge is 0.482 e. The zero-order valence-electron chi connectivity index (χ0n) is 27.6. The summed E-state index contributed by atoms with van der Waals surface area (Å²) in [5.74, 6) is 0.965. The molecule has 1 heterocycles. The van der Waals surface area contributed by atoms with Gasteiger partial charge in [0.15, 0.2) is 0 Å². The molecule has 232 valence electrons. The molecule has 0 fully saturated rings. The highest BCUT2D eigenvalue weighted by molar-refractivity contribution is 5.88. The molecule has 2 aliphatic carbocycles. The van der Waals surface area contributed by atoms with Crippen LogP contribution in [0.4, 0.5) is 11.4 Å². The maximum Gasteiger partial charge on any atom is 0.135 e. The van der Waals surface area contributed by atoms with E-state index in [2.05, 4.69) is 183 Å². The Morgan fingerprint density at radius 3 is 1.81 bits per heavy atom. The lowest BCUT2D eigenvalue weighted by Crippen LogP contribution is -2.32. The highest BCUT2D eigenvalue weighted by Gasteiger charge is 2.42. The van der Waals surface area contributed by atoms with Crippen molar-refractivity contribution in [1.29, 1.82) is 0 Å². The maximum atomic E-state index is 6.53. The molecule has 48 heavy (non-hydrogen) atoms. The predicted molar refractivity (Wildman–Crippen MR) is 200 cm³/mol. The van der Waals surface area contributed by atoms with Gasteiger partial charge in [-0.25, -0.2) is 0 Å². The van der Waals surface area contributed by atoms with Crippen molar-refractivity contribution >= 4 is 16.9 Å². The Bertz CT molecular complexity index is 2260. The molecule has 0 amide bonds. The van der Waals surface area contributed by atoms with Crippen LogP contribution in [0.15, 0.2) is 163 Å². The van der Waals surface area contributed by atoms with Gasteiger partial charge >= 0.3 is 0 Å². The second kappa shape index (κ2) is 10.7. The lowest BCUT2D eigenvalue weighted by atomic mass is 9.82. The number of rotatable bonds is 5. The molecule has 0 saturated heterocycles. The van der Waals surface area contributed by atoms with E-state index in [1.54, 1.807) is 0 Å². The maximum absolute atomic E-state index is 6.53. The number of anilines is 2. The van der Waals surface area contributed by atoms with Crippen LogP contribution in [0.5, 0.6) is 5.75 Å². The van der Waals surface area contributed by atoms with E-state index in [0.717, 1.165) is 29.2 Å². The van der Waals surface area contributed by atoms with Crippen LogP contribution < -0.4 is 9.64 Å². The van der Waals surface area contributed by atoms with Gasteiger partial charge in [0.1, 0.15) is 11.4 Å². The molecule has 0 saturated carbocycles. The molecule has 1 atom stereocenters. The van der Waals surface area contributed by atoms with E-state index >= 15 is 0 Å². The summed E-state index contributed by atoms with van der Waals surface area (Å²) in [7, 11) is 0. The molecular weight excluding hydrogens is 583 g/mol. The first-order chi connectivity index (χ1) is 23.4. The van der Waals surface area contributed by atoms with Crippen molar-refractivity contribution in [3.05, 3.63) is 180 Å². The normalized spacial score (nSPS) is 18.1. The number of hydrogen-bond donors (Lipinski definition) is 0. The first-order valence-electron chi connectivity index (χ1n) is 16.9. The average molecular weight is 620 g/mol. The van der Waals surface area contributed by atoms with Crippen molar-refractivity contribution in [3.63, 3.8) is 0 Å². The van der Waals surface area contributed by atoms with E-state index in [9.17, 15) is 0 Å². The van der Waals surface area contributed by atoms with Crippen molar-refractivity contribution in [1.82, 2.24) is 0 Å². The van der Waals surface area contributed by atoms with Gasteiger partial charge in [0.05, 0.1) is 0 Å². The Morgan fingerprint density at radius 2 is 1.08 bits per heavy atom. The third-order valence-electron chi connectivity index (χ3n) is 10.6. The minimum Gasteiger partial charge on any atom is -0.482 e. The molecule has 1 aliphatic heterocycles. The Labute approximate surface area is 283 Å². The molecule has 9 rings (SSSR count). The molecule has 3 aliphatic rings. The Morgan fingerprint density at radius 1 is 0.521 bits per heavy atom. The van der Waals surface area contributed by atoms with Gasteiger partial charge in [-0.2, -0.15) is 0 Å². The smallest absolute Gasteiger partial charge is 0.135 e. The number of nitrogens with zero attached hydrogens (tertiary/aromatic N) is 1. The van der Waals surface area contributed by atoms with E-state index in [1.165, 1.54) is 55.6 Å². The van der Waals surface area contributed by atoms with Crippen molar-refractivity contribution < 1.29 is 4.74 Å². The van der Waals surface area contributed by atoms with Crippen LogP contribution in [0, 0.1) is 0 Å². The van der Waals surface area contributed by atoms with E-state index < -0.39 is 0 Å². The Kier molecular flexibility index (Phi) is 6.39. The third-order valence-corrected chi connectivity index (χ3v) is 10.6. The summed E-state index contributed by atoms with van der Waals surface area (Å²) in [4.78, 5) is 2.43. The second-order valence-electron chi connectivity index (χ2n) is 13.9. The SMILES string of the molecule is CC12CC=C(N(c3ccc(-c4ccc(-c5ccccc5)cc4)cc3)c3ccc4c(c3)C(C)(C)c3ccccc3-4)C=C1c1ccccc1O2. The summed E-state index contributed by atoms with van der Waals surface area (Å²) in [5.41, 5.74) is 15.7. The zero-order valence-corrected chi connectivity index (χ0v) is 27.6. The molecule has 2 nitrogen and oxygen atoms in total. The van der Waals surface area contributed by atoms with Gasteiger partial charge in [-0.3, -0.25) is 0 Å². The van der Waals surface area contributed by atoms with E-state index in [-0.39, 0.29) is 11.0 Å². The molecule has 0 N–H and O–H groups in total. The van der Waals surface area contributed by atoms with Gasteiger partial charge in [0.25, 0.3) is 0 Å². The monoisotopic (exact) mass is 619 g/mol. The van der Waals surface area contributed by atoms with Crippen LogP contribution in [-0.2, 0) is 5.41 Å². The molecule has 0 aromatic heterocycles. The Hall–Kier alpha value is -5.60. The van der Waals surface area contributed by atoms with Gasteiger partial charge in [-0.1, -0.05) is 135 Å². The lowest BCUT2D eigenvalue weighted by molar-refractivity contribution is 0.169. The highest BCUT2D eigenvalue weighted by atomic mass is 16.5. The third kappa shape index (κ3) is 4.47. The van der Waals surface area contributed by atoms with Crippen molar-refractivity contribution in [2.75, 3.05) is 4.90 Å². The topological polar surface area (TPSA) is 12.5 Å². The number of ether oxygens (including phenoxy) is 1. The minimum absolute atomic E-state index is 0.0837. The quantitative estimate of drug-likeness (QED) is 0.190. The number of hydrogen-bond acceptors (Lipinski definition) is 2. The fourth-order valence-electron chi connectivity index (χ4n) is 7.97. The van der Waals surface area contributed by atoms with E-state index in [1.807, 2.05) is 0 Å². The van der Waals surface area contributed by atoms with Crippen LogP contribution in [0.25, 0.3) is 39.0 Å². The summed E-state index contributed by atoms with van der Waals surface area (Å²) in [6.45, 7) is 6.91. The van der Waals surface area contributed by atoms with Gasteiger partial charge in [-0.15, -0.1) is 0 Å². The van der Waals surface area contributed by atoms with E-state index in [4.69, 9.17) is 4.74 Å². The minimum atomic E-state index is -0.365. The van der Waals surface area contributed by atoms with Gasteiger partial charge in [0.2, 0.25) is 0 Å². The van der Waals surface area contributed by atoms with Crippen molar-refractivity contribution in [2.24, 2.45) is 0 Å². The van der Waals surface area contributed by atoms with Crippen LogP contribution in [0.3, 0.4) is 0 Å². The first-order valence-corrected chi connectivity index (χ1v) is 16.9. The number of para-hydroxylation sites is 1. The summed E-state index contributed by atoms with van der Waals surface area (Å²) in [6, 6.07) is 52.8. The first kappa shape index (κ1) is 28.6. The average Bonchev–Trinajstić information content (AvgIpc) is 3.56. The second-order valence-corrected chi connectivity index (χ2v) is 13.9. The molecule has 0 spiro atoms. The molecular formula is C46H37NO. The summed E-state index contributed by atoms with van der Waals surface area (Å²) in [5, 5.41) is 0. The molecule has 0 bridgehead atoms. The number of benzene rings is 6. The lowest BCUT2D eigenvalue weighted by Gasteiger charge is -2.34. The predicted octanol–water partition coefficient (Wildman–Crippen LogP) is 12.0. The van der Waals surface area contributed by atoms with Crippen LogP contribution in [-0.4, -0.2) is 5.60 Å². The highest BCUT2D eigenvalue weighted by Crippen LogP contribution is 2.52. The molecule has 2 heteroatoms. The Balaban J connectivity index is 1.13. The standard InChI is InChI=1S/C46H37NO/c1-45(2)41-15-9-7-13-38(41)39-26-25-36(29-42(39)45)47(37-27-28-46(3)43(30-37)40-14-8-10-16-44(40)48-46)35-23-21-34(22-24-35)33-19-17-32(18-20-33)31-11-5-4-6-12-31/h4-27,29-30H,28H2,1-3H3. The summed E-state index contributed by atoms with van der Waals surface area (Å²) in [6.07, 6.45) is 5.49. The number of fused-ring (bicyclic) bond motifs is 6. The van der Waals surface area contributed by atoms with Crippen LogP contribution >= 0.6 is 0 Å². The van der Waals surface area contributed by atoms with E-state index in [0.29, 0.717) is 0 Å². The van der Waals surface area contributed by atoms with Gasteiger partial charge in [0, 0.05) is 40.0 Å². The molecule has 6 aromatic rings. The molecule has 6 aromatic carbocycles. The van der Waals surface area contributed by atoms with Crippen molar-refractivity contribution in [3.8, 4) is 39.1 Å². The van der Waals surface area contributed by atoms with Crippen LogP contribution in [0.2, 0.25) is 0 Å². The fourth-order valence-corrected chi connectivity index (χ4v) is 7.97. The van der Waals surface area contributed by atoms with Crippen LogP contribution in [0.1, 0.15) is 43.9 Å². The molecule has 1 unspecified atom stereocenters.